The summed E-state index contributed by atoms with van der Waals surface area (Å²) in [7, 11) is 0. The van der Waals surface area contributed by atoms with Gasteiger partial charge in [0.1, 0.15) is 0 Å². The predicted molar refractivity (Wildman–Crippen MR) is 36.5 cm³/mol. The SMILES string of the molecule is CCc1ccccc1.[O]. The number of hydrogen-bond donors (Lipinski definition) is 0. The third kappa shape index (κ3) is 2.29. The maximum absolute atomic E-state index is 2.16. The molecule has 2 radical (unpaired) electrons. The largest absolute Gasteiger partial charge is 0.0622 e. The standard InChI is InChI=1S/C8H10.O/c1-2-8-6-4-3-5-7-8;/h3-7H,2H2,1H3;. The third-order valence-electron chi connectivity index (χ3n) is 1.25. The zero-order chi connectivity index (χ0) is 5.82. The highest BCUT2D eigenvalue weighted by atomic mass is 16.0. The van der Waals surface area contributed by atoms with Crippen molar-refractivity contribution in [3.8, 4) is 0 Å². The average molecular weight is 122 g/mol. The van der Waals surface area contributed by atoms with Gasteiger partial charge in [0.25, 0.3) is 0 Å². The van der Waals surface area contributed by atoms with Gasteiger partial charge < -0.3 is 0 Å². The third-order valence-corrected chi connectivity index (χ3v) is 1.25. The fourth-order valence-corrected chi connectivity index (χ4v) is 0.714. The number of aryl methyl sites for hydroxylation is 1. The van der Waals surface area contributed by atoms with Crippen LogP contribution in [0.3, 0.4) is 0 Å². The summed E-state index contributed by atoms with van der Waals surface area (Å²) < 4.78 is 0. The summed E-state index contributed by atoms with van der Waals surface area (Å²) in [6.45, 7) is 2.16. The molecule has 0 atom stereocenters. The molecule has 0 heterocycles. The number of rotatable bonds is 1. The Labute approximate surface area is 55.6 Å². The van der Waals surface area contributed by atoms with Gasteiger partial charge in [-0.05, 0) is 12.0 Å². The minimum Gasteiger partial charge on any atom is -0.0622 e. The quantitative estimate of drug-likeness (QED) is 0.546. The Kier molecular flexibility index (Phi) is 3.72. The van der Waals surface area contributed by atoms with Gasteiger partial charge in [0, 0.05) is 5.48 Å². The monoisotopic (exact) mass is 122 g/mol. The predicted octanol–water partition coefficient (Wildman–Crippen LogP) is 2.13. The first-order valence-electron chi connectivity index (χ1n) is 2.97. The molecule has 1 heteroatoms. The maximum Gasteiger partial charge on any atom is 0 e. The van der Waals surface area contributed by atoms with Crippen LogP contribution < -0.4 is 0 Å². The smallest absolute Gasteiger partial charge is 0 e. The molecule has 0 unspecified atom stereocenters. The molecule has 1 aromatic rings. The molecule has 0 saturated carbocycles. The van der Waals surface area contributed by atoms with E-state index in [0.717, 1.165) is 6.42 Å². The van der Waals surface area contributed by atoms with Gasteiger partial charge in [-0.25, -0.2) is 0 Å². The summed E-state index contributed by atoms with van der Waals surface area (Å²) in [5.41, 5.74) is 1.41. The van der Waals surface area contributed by atoms with Gasteiger partial charge in [-0.2, -0.15) is 0 Å². The highest BCUT2D eigenvalue weighted by Gasteiger charge is 1.79. The maximum atomic E-state index is 2.16. The normalized spacial score (nSPS) is 8.11. The second-order valence-corrected chi connectivity index (χ2v) is 1.84. The average Bonchev–Trinajstić information content (AvgIpc) is 1.90. The molecule has 0 fully saturated rings. The molecule has 0 aliphatic rings. The molecule has 0 aliphatic carbocycles. The van der Waals surface area contributed by atoms with Gasteiger partial charge in [0.2, 0.25) is 0 Å². The second kappa shape index (κ2) is 4.10. The lowest BCUT2D eigenvalue weighted by atomic mass is 10.2. The summed E-state index contributed by atoms with van der Waals surface area (Å²) in [4.78, 5) is 0. The summed E-state index contributed by atoms with van der Waals surface area (Å²) in [6, 6.07) is 10.5. The van der Waals surface area contributed by atoms with Crippen molar-refractivity contribution in [3.63, 3.8) is 0 Å². The van der Waals surface area contributed by atoms with Crippen LogP contribution in [-0.2, 0) is 11.9 Å². The second-order valence-electron chi connectivity index (χ2n) is 1.84. The first-order chi connectivity index (χ1) is 3.93. The Hall–Kier alpha value is -0.820. The zero-order valence-electron chi connectivity index (χ0n) is 5.50. The van der Waals surface area contributed by atoms with Crippen LogP contribution in [-0.4, -0.2) is 0 Å². The molecule has 0 N–H and O–H groups in total. The van der Waals surface area contributed by atoms with E-state index in [1.165, 1.54) is 5.56 Å². The molecule has 1 rings (SSSR count). The zero-order valence-corrected chi connectivity index (χ0v) is 5.50. The highest BCUT2D eigenvalue weighted by Crippen LogP contribution is 1.96. The van der Waals surface area contributed by atoms with E-state index in [1.54, 1.807) is 0 Å². The van der Waals surface area contributed by atoms with E-state index in [4.69, 9.17) is 0 Å². The molecule has 1 aromatic carbocycles. The van der Waals surface area contributed by atoms with Crippen molar-refractivity contribution in [2.24, 2.45) is 0 Å². The van der Waals surface area contributed by atoms with Crippen molar-refractivity contribution in [1.82, 2.24) is 0 Å². The van der Waals surface area contributed by atoms with Crippen LogP contribution in [0.4, 0.5) is 0 Å². The van der Waals surface area contributed by atoms with Crippen LogP contribution in [0, 0.1) is 0 Å². The van der Waals surface area contributed by atoms with E-state index in [-0.39, 0.29) is 5.48 Å². The topological polar surface area (TPSA) is 28.5 Å². The molecule has 1 nitrogen and oxygen atoms in total. The van der Waals surface area contributed by atoms with E-state index in [9.17, 15) is 0 Å². The minimum absolute atomic E-state index is 0. The Morgan fingerprint density at radius 3 is 2.00 bits per heavy atom. The summed E-state index contributed by atoms with van der Waals surface area (Å²) in [5.74, 6) is 0. The van der Waals surface area contributed by atoms with E-state index >= 15 is 0 Å². The van der Waals surface area contributed by atoms with Crippen molar-refractivity contribution in [3.05, 3.63) is 35.9 Å². The first-order valence-corrected chi connectivity index (χ1v) is 2.97. The summed E-state index contributed by atoms with van der Waals surface area (Å²) in [5, 5.41) is 0. The molecule has 9 heavy (non-hydrogen) atoms. The molecule has 48 valence electrons. The summed E-state index contributed by atoms with van der Waals surface area (Å²) in [6.07, 6.45) is 1.14. The van der Waals surface area contributed by atoms with Gasteiger partial charge in [-0.3, -0.25) is 0 Å². The van der Waals surface area contributed by atoms with Crippen molar-refractivity contribution in [2.75, 3.05) is 0 Å². The lowest BCUT2D eigenvalue weighted by Crippen LogP contribution is -1.73. The molecule has 0 spiro atoms. The van der Waals surface area contributed by atoms with Crippen LogP contribution in [0.25, 0.3) is 0 Å². The molecular formula is C8H10O. The molecule has 0 bridgehead atoms. The fourth-order valence-electron chi connectivity index (χ4n) is 0.714. The lowest BCUT2D eigenvalue weighted by molar-refractivity contribution is 0.686. The van der Waals surface area contributed by atoms with Gasteiger partial charge in [0.15, 0.2) is 0 Å². The van der Waals surface area contributed by atoms with E-state index in [0.29, 0.717) is 0 Å². The van der Waals surface area contributed by atoms with Gasteiger partial charge in [-0.1, -0.05) is 37.3 Å². The van der Waals surface area contributed by atoms with Crippen LogP contribution in [0.15, 0.2) is 30.3 Å². The number of benzene rings is 1. The van der Waals surface area contributed by atoms with Crippen LogP contribution in [0.1, 0.15) is 12.5 Å². The minimum atomic E-state index is 0. The van der Waals surface area contributed by atoms with E-state index in [2.05, 4.69) is 31.2 Å². The van der Waals surface area contributed by atoms with E-state index < -0.39 is 0 Å². The van der Waals surface area contributed by atoms with Crippen LogP contribution >= 0.6 is 0 Å². The highest BCUT2D eigenvalue weighted by molar-refractivity contribution is 5.13. The molecule has 0 aromatic heterocycles. The molecule has 0 saturated heterocycles. The lowest BCUT2D eigenvalue weighted by Gasteiger charge is -1.89. The molecule has 0 aliphatic heterocycles. The van der Waals surface area contributed by atoms with Crippen LogP contribution in [0.2, 0.25) is 0 Å². The van der Waals surface area contributed by atoms with Crippen molar-refractivity contribution in [2.45, 2.75) is 13.3 Å². The first kappa shape index (κ1) is 8.18. The van der Waals surface area contributed by atoms with Crippen molar-refractivity contribution >= 4 is 0 Å². The van der Waals surface area contributed by atoms with Crippen molar-refractivity contribution in [1.29, 1.82) is 0 Å². The van der Waals surface area contributed by atoms with Gasteiger partial charge in [0.05, 0.1) is 0 Å². The van der Waals surface area contributed by atoms with Gasteiger partial charge in [-0.15, -0.1) is 0 Å². The molecular weight excluding hydrogens is 112 g/mol. The molecule has 0 amide bonds. The Morgan fingerprint density at radius 2 is 1.67 bits per heavy atom. The Balaban J connectivity index is 0.000000640. The Morgan fingerprint density at radius 1 is 1.11 bits per heavy atom. The van der Waals surface area contributed by atoms with E-state index in [1.807, 2.05) is 6.07 Å². The van der Waals surface area contributed by atoms with Crippen LogP contribution in [0.5, 0.6) is 0 Å². The number of hydrogen-bond acceptors (Lipinski definition) is 0. The fraction of sp³-hybridized carbons (Fsp3) is 0.250. The van der Waals surface area contributed by atoms with Gasteiger partial charge >= 0.3 is 0 Å². The summed E-state index contributed by atoms with van der Waals surface area (Å²) >= 11 is 0. The Bertz CT molecular complexity index is 146. The van der Waals surface area contributed by atoms with Crippen molar-refractivity contribution < 1.29 is 5.48 Å².